The molecule has 1 aliphatic heterocycles. The minimum atomic E-state index is -0.686. The van der Waals surface area contributed by atoms with Gasteiger partial charge in [0.25, 0.3) is 0 Å². The normalized spacial score (nSPS) is 14.6. The maximum absolute atomic E-state index is 13.6. The number of nitrogens with zero attached hydrogens (tertiary/aromatic N) is 3. The fourth-order valence-electron chi connectivity index (χ4n) is 4.40. The molecule has 1 unspecified atom stereocenters. The quantitative estimate of drug-likeness (QED) is 0.178. The van der Waals surface area contributed by atoms with Crippen molar-refractivity contribution in [2.24, 2.45) is 0 Å². The Bertz CT molecular complexity index is 1360. The van der Waals surface area contributed by atoms with Crippen molar-refractivity contribution in [2.75, 3.05) is 32.8 Å². The summed E-state index contributed by atoms with van der Waals surface area (Å²) in [5.41, 5.74) is 2.81. The largest absolute Gasteiger partial charge is 0.479 e. The second kappa shape index (κ2) is 14.8. The average Bonchev–Trinajstić information content (AvgIpc) is 3.36. The fraction of sp³-hybridized carbons (Fsp3) is 0.452. The lowest BCUT2D eigenvalue weighted by Crippen LogP contribution is -2.48. The predicted octanol–water partition coefficient (Wildman–Crippen LogP) is 6.54. The van der Waals surface area contributed by atoms with Crippen LogP contribution in [0.3, 0.4) is 0 Å². The predicted molar refractivity (Wildman–Crippen MR) is 163 cm³/mol. The Morgan fingerprint density at radius 3 is 2.43 bits per heavy atom. The Morgan fingerprint density at radius 2 is 1.79 bits per heavy atom. The highest BCUT2D eigenvalue weighted by molar-refractivity contribution is 7.98. The van der Waals surface area contributed by atoms with Crippen molar-refractivity contribution in [3.05, 3.63) is 64.4 Å². The number of aryl methyl sites for hydroxylation is 1. The Hall–Kier alpha value is -3.15. The SMILES string of the molecule is CCOC(=O)C(C)Oc1ccc(SCc2sc(-c3ccc(F)cc3)nc2CN2CCN(C(=O)OC(C)C)CC2)cc1C. The maximum Gasteiger partial charge on any atom is 0.410 e. The van der Waals surface area contributed by atoms with Gasteiger partial charge in [-0.2, -0.15) is 0 Å². The van der Waals surface area contributed by atoms with E-state index >= 15 is 0 Å². The van der Waals surface area contributed by atoms with Crippen molar-refractivity contribution < 1.29 is 28.2 Å². The zero-order valence-corrected chi connectivity index (χ0v) is 26.4. The summed E-state index contributed by atoms with van der Waals surface area (Å²) in [6, 6.07) is 12.3. The van der Waals surface area contributed by atoms with Gasteiger partial charge in [-0.15, -0.1) is 23.1 Å². The standard InChI is InChI=1S/C31H38FN3O5S2/c1-6-38-30(36)22(5)40-27-12-11-25(17-21(27)4)41-19-28-26(33-29(42-28)23-7-9-24(32)10-8-23)18-34-13-15-35(16-14-34)31(37)39-20(2)3/h7-12,17,20,22H,6,13-16,18-19H2,1-5H3. The summed E-state index contributed by atoms with van der Waals surface area (Å²) in [5.74, 6) is 0.697. The second-order valence-electron chi connectivity index (χ2n) is 10.3. The molecule has 1 amide bonds. The first-order valence-electron chi connectivity index (χ1n) is 14.1. The number of rotatable bonds is 11. The fourth-order valence-corrected chi connectivity index (χ4v) is 6.58. The first-order chi connectivity index (χ1) is 20.1. The number of hydrogen-bond donors (Lipinski definition) is 0. The minimum absolute atomic E-state index is 0.142. The summed E-state index contributed by atoms with van der Waals surface area (Å²) in [6.45, 7) is 12.8. The smallest absolute Gasteiger partial charge is 0.410 e. The first-order valence-corrected chi connectivity index (χ1v) is 15.9. The molecule has 4 rings (SSSR count). The third-order valence-corrected chi connectivity index (χ3v) is 9.00. The molecule has 0 N–H and O–H groups in total. The van der Waals surface area contributed by atoms with Crippen molar-refractivity contribution in [3.8, 4) is 16.3 Å². The lowest BCUT2D eigenvalue weighted by atomic mass is 10.2. The molecule has 0 radical (unpaired) electrons. The molecular formula is C31H38FN3O5S2. The molecule has 42 heavy (non-hydrogen) atoms. The summed E-state index contributed by atoms with van der Waals surface area (Å²) in [5, 5.41) is 0.854. The number of benzene rings is 2. The van der Waals surface area contributed by atoms with Gasteiger partial charge in [0, 0.05) is 53.8 Å². The minimum Gasteiger partial charge on any atom is -0.479 e. The molecule has 1 fully saturated rings. The molecule has 11 heteroatoms. The van der Waals surface area contributed by atoms with Crippen LogP contribution in [0.25, 0.3) is 10.6 Å². The van der Waals surface area contributed by atoms with E-state index in [-0.39, 0.29) is 24.0 Å². The van der Waals surface area contributed by atoms with Crippen LogP contribution in [0.15, 0.2) is 47.4 Å². The number of thioether (sulfide) groups is 1. The van der Waals surface area contributed by atoms with Gasteiger partial charge in [0.15, 0.2) is 6.10 Å². The first kappa shape index (κ1) is 31.8. The number of amides is 1. The van der Waals surface area contributed by atoms with Crippen molar-refractivity contribution in [1.82, 2.24) is 14.8 Å². The molecule has 2 aromatic carbocycles. The van der Waals surface area contributed by atoms with E-state index in [0.717, 1.165) is 44.7 Å². The number of esters is 1. The third-order valence-electron chi connectivity index (χ3n) is 6.65. The number of carbonyl (C=O) groups excluding carboxylic acids is 2. The number of ether oxygens (including phenoxy) is 3. The van der Waals surface area contributed by atoms with Gasteiger partial charge < -0.3 is 19.1 Å². The molecule has 3 aromatic rings. The maximum atomic E-state index is 13.6. The van der Waals surface area contributed by atoms with Crippen LogP contribution < -0.4 is 4.74 Å². The van der Waals surface area contributed by atoms with E-state index in [9.17, 15) is 14.0 Å². The highest BCUT2D eigenvalue weighted by Crippen LogP contribution is 2.35. The van der Waals surface area contributed by atoms with Crippen LogP contribution in [0.5, 0.6) is 5.75 Å². The van der Waals surface area contributed by atoms with E-state index in [1.165, 1.54) is 12.1 Å². The molecule has 0 spiro atoms. The Labute approximate surface area is 255 Å². The van der Waals surface area contributed by atoms with Crippen LogP contribution >= 0.6 is 23.1 Å². The van der Waals surface area contributed by atoms with Crippen molar-refractivity contribution in [2.45, 2.75) is 64.0 Å². The van der Waals surface area contributed by atoms with Gasteiger partial charge in [-0.1, -0.05) is 0 Å². The van der Waals surface area contributed by atoms with Gasteiger partial charge in [0.1, 0.15) is 16.6 Å². The Morgan fingerprint density at radius 1 is 1.07 bits per heavy atom. The number of hydrogen-bond acceptors (Lipinski definition) is 9. The van der Waals surface area contributed by atoms with E-state index in [4.69, 9.17) is 19.2 Å². The number of aromatic nitrogens is 1. The molecular weight excluding hydrogens is 577 g/mol. The van der Waals surface area contributed by atoms with Gasteiger partial charge in [0.05, 0.1) is 18.4 Å². The third kappa shape index (κ3) is 8.68. The lowest BCUT2D eigenvalue weighted by molar-refractivity contribution is -0.150. The molecule has 8 nitrogen and oxygen atoms in total. The average molecular weight is 616 g/mol. The van der Waals surface area contributed by atoms with Crippen molar-refractivity contribution >= 4 is 35.2 Å². The van der Waals surface area contributed by atoms with Crippen LogP contribution in [0.1, 0.15) is 43.8 Å². The highest BCUT2D eigenvalue weighted by Gasteiger charge is 2.25. The zero-order chi connectivity index (χ0) is 30.2. The summed E-state index contributed by atoms with van der Waals surface area (Å²) in [7, 11) is 0. The van der Waals surface area contributed by atoms with Crippen LogP contribution in [0.2, 0.25) is 0 Å². The van der Waals surface area contributed by atoms with E-state index in [1.807, 2.05) is 32.9 Å². The monoisotopic (exact) mass is 615 g/mol. The van der Waals surface area contributed by atoms with Crippen LogP contribution in [0.4, 0.5) is 9.18 Å². The van der Waals surface area contributed by atoms with E-state index in [2.05, 4.69) is 11.0 Å². The number of halogens is 1. The molecule has 1 saturated heterocycles. The van der Waals surface area contributed by atoms with Crippen molar-refractivity contribution in [1.29, 1.82) is 0 Å². The number of piperazine rings is 1. The molecule has 2 heterocycles. The molecule has 1 aliphatic rings. The Kier molecular flexibility index (Phi) is 11.2. The number of carbonyl (C=O) groups is 2. The molecule has 0 bridgehead atoms. The van der Waals surface area contributed by atoms with Crippen LogP contribution in [0, 0.1) is 12.7 Å². The summed E-state index contributed by atoms with van der Waals surface area (Å²) < 4.78 is 29.8. The highest BCUT2D eigenvalue weighted by atomic mass is 32.2. The van der Waals surface area contributed by atoms with E-state index in [1.54, 1.807) is 54.0 Å². The zero-order valence-electron chi connectivity index (χ0n) is 24.7. The number of thiazole rings is 1. The van der Waals surface area contributed by atoms with Gasteiger partial charge in [0.2, 0.25) is 0 Å². The van der Waals surface area contributed by atoms with Gasteiger partial charge in [-0.25, -0.2) is 19.0 Å². The van der Waals surface area contributed by atoms with E-state index < -0.39 is 6.10 Å². The van der Waals surface area contributed by atoms with Gasteiger partial charge >= 0.3 is 12.1 Å². The molecule has 0 saturated carbocycles. The second-order valence-corrected chi connectivity index (χ2v) is 12.5. The molecule has 226 valence electrons. The van der Waals surface area contributed by atoms with E-state index in [0.29, 0.717) is 37.7 Å². The Balaban J connectivity index is 1.45. The molecule has 1 atom stereocenters. The summed E-state index contributed by atoms with van der Waals surface area (Å²) in [6.07, 6.45) is -1.10. The molecule has 1 aromatic heterocycles. The van der Waals surface area contributed by atoms with Gasteiger partial charge in [-0.3, -0.25) is 4.90 Å². The van der Waals surface area contributed by atoms with Crippen LogP contribution in [-0.4, -0.2) is 71.8 Å². The van der Waals surface area contributed by atoms with Crippen molar-refractivity contribution in [3.63, 3.8) is 0 Å². The van der Waals surface area contributed by atoms with Gasteiger partial charge in [-0.05, 0) is 82.6 Å². The lowest BCUT2D eigenvalue weighted by Gasteiger charge is -2.34. The molecule has 0 aliphatic carbocycles. The topological polar surface area (TPSA) is 81.2 Å². The summed E-state index contributed by atoms with van der Waals surface area (Å²) in [4.78, 5) is 35.5. The van der Waals surface area contributed by atoms with Crippen LogP contribution in [-0.2, 0) is 26.6 Å². The summed E-state index contributed by atoms with van der Waals surface area (Å²) >= 11 is 3.32.